The fraction of sp³-hybridized carbons (Fsp3) is 0.269. The van der Waals surface area contributed by atoms with Gasteiger partial charge in [-0.1, -0.05) is 60.7 Å². The van der Waals surface area contributed by atoms with Crippen molar-refractivity contribution in [3.63, 3.8) is 0 Å². The molecule has 34 heavy (non-hydrogen) atoms. The van der Waals surface area contributed by atoms with Gasteiger partial charge in [0, 0.05) is 35.4 Å². The van der Waals surface area contributed by atoms with Crippen LogP contribution in [0.15, 0.2) is 78.2 Å². The van der Waals surface area contributed by atoms with Crippen molar-refractivity contribution in [2.24, 2.45) is 0 Å². The number of ether oxygens (including phenoxy) is 1. The van der Waals surface area contributed by atoms with Crippen molar-refractivity contribution >= 4 is 33.3 Å². The van der Waals surface area contributed by atoms with Gasteiger partial charge in [-0.3, -0.25) is 4.79 Å². The molecule has 180 valence electrons. The van der Waals surface area contributed by atoms with Crippen LogP contribution in [0.4, 0.5) is 0 Å². The highest BCUT2D eigenvalue weighted by Gasteiger charge is 2.25. The molecular formula is C26H30N2O4S2. The molecule has 8 heteroatoms. The number of methoxy groups -OCH3 is 1. The van der Waals surface area contributed by atoms with Crippen LogP contribution in [0, 0.1) is 6.92 Å². The highest BCUT2D eigenvalue weighted by molar-refractivity contribution is 7.92. The molecule has 3 rings (SSSR count). The molecule has 1 aromatic heterocycles. The van der Waals surface area contributed by atoms with Crippen LogP contribution in [-0.4, -0.2) is 50.3 Å². The maximum Gasteiger partial charge on any atom is 0.238 e. The van der Waals surface area contributed by atoms with E-state index >= 15 is 0 Å². The van der Waals surface area contributed by atoms with E-state index in [0.717, 1.165) is 26.3 Å². The summed E-state index contributed by atoms with van der Waals surface area (Å²) in [4.78, 5) is 17.3. The Morgan fingerprint density at radius 1 is 0.971 bits per heavy atom. The highest BCUT2D eigenvalue weighted by atomic mass is 32.2. The summed E-state index contributed by atoms with van der Waals surface area (Å²) in [5.41, 5.74) is 1.75. The first kappa shape index (κ1) is 25.8. The second kappa shape index (κ2) is 12.6. The molecule has 0 saturated heterocycles. The van der Waals surface area contributed by atoms with Gasteiger partial charge in [-0.15, -0.1) is 11.3 Å². The van der Waals surface area contributed by atoms with Gasteiger partial charge in [0.15, 0.2) is 0 Å². The number of amides is 1. The fourth-order valence-electron chi connectivity index (χ4n) is 3.35. The van der Waals surface area contributed by atoms with Crippen molar-refractivity contribution in [2.75, 3.05) is 26.8 Å². The van der Waals surface area contributed by atoms with E-state index in [4.69, 9.17) is 4.74 Å². The monoisotopic (exact) mass is 498 g/mol. The van der Waals surface area contributed by atoms with E-state index in [1.165, 1.54) is 17.5 Å². The fourth-order valence-corrected chi connectivity index (χ4v) is 5.38. The average Bonchev–Trinajstić information content (AvgIpc) is 3.25. The van der Waals surface area contributed by atoms with E-state index < -0.39 is 10.0 Å². The van der Waals surface area contributed by atoms with Crippen molar-refractivity contribution in [2.45, 2.75) is 20.0 Å². The Balaban J connectivity index is 1.80. The molecule has 0 aliphatic carbocycles. The smallest absolute Gasteiger partial charge is 0.238 e. The molecule has 0 N–H and O–H groups in total. The summed E-state index contributed by atoms with van der Waals surface area (Å²) in [6.07, 6.45) is 1.54. The summed E-state index contributed by atoms with van der Waals surface area (Å²) in [7, 11) is -2.33. The second-order valence-corrected chi connectivity index (χ2v) is 11.0. The van der Waals surface area contributed by atoms with Crippen molar-refractivity contribution < 1.29 is 17.9 Å². The van der Waals surface area contributed by atoms with E-state index in [0.29, 0.717) is 13.1 Å². The minimum absolute atomic E-state index is 0.0843. The first-order valence-electron chi connectivity index (χ1n) is 11.0. The Labute approximate surface area is 206 Å². The topological polar surface area (TPSA) is 66.9 Å². The highest BCUT2D eigenvalue weighted by Crippen LogP contribution is 2.19. The standard InChI is InChI=1S/C26H30N2O4S2/c1-22-13-14-25(33-22)20-27(19-24-11-7-4-8-12-24)26(29)21-28(16-17-32-2)34(30,31)18-15-23-9-5-3-6-10-23/h3-15,18H,16-17,19-21H2,1-2H3. The Kier molecular flexibility index (Phi) is 9.59. The summed E-state index contributed by atoms with van der Waals surface area (Å²) < 4.78 is 32.5. The second-order valence-electron chi connectivity index (χ2n) is 7.83. The molecule has 0 unspecified atom stereocenters. The van der Waals surface area contributed by atoms with Crippen molar-refractivity contribution in [1.29, 1.82) is 0 Å². The van der Waals surface area contributed by atoms with Crippen LogP contribution in [0.3, 0.4) is 0 Å². The summed E-state index contributed by atoms with van der Waals surface area (Å²) in [6.45, 7) is 2.85. The normalized spacial score (nSPS) is 11.9. The lowest BCUT2D eigenvalue weighted by Crippen LogP contribution is -2.43. The maximum atomic E-state index is 13.4. The zero-order valence-electron chi connectivity index (χ0n) is 19.5. The first-order valence-corrected chi connectivity index (χ1v) is 13.3. The Bertz CT molecular complexity index is 1180. The van der Waals surface area contributed by atoms with Gasteiger partial charge < -0.3 is 9.64 Å². The number of hydrogen-bond donors (Lipinski definition) is 0. The summed E-state index contributed by atoms with van der Waals surface area (Å²) >= 11 is 1.63. The van der Waals surface area contributed by atoms with Crippen LogP contribution < -0.4 is 0 Å². The lowest BCUT2D eigenvalue weighted by Gasteiger charge is -2.26. The molecule has 1 amide bonds. The zero-order chi connectivity index (χ0) is 24.4. The lowest BCUT2D eigenvalue weighted by molar-refractivity contribution is -0.132. The third kappa shape index (κ3) is 7.92. The molecule has 6 nitrogen and oxygen atoms in total. The molecule has 0 atom stereocenters. The number of hydrogen-bond acceptors (Lipinski definition) is 5. The molecule has 2 aromatic carbocycles. The van der Waals surface area contributed by atoms with Crippen LogP contribution in [0.2, 0.25) is 0 Å². The van der Waals surface area contributed by atoms with Gasteiger partial charge in [0.05, 0.1) is 19.7 Å². The predicted octanol–water partition coefficient (Wildman–Crippen LogP) is 4.53. The average molecular weight is 499 g/mol. The largest absolute Gasteiger partial charge is 0.383 e. The van der Waals surface area contributed by atoms with Crippen LogP contribution >= 0.6 is 11.3 Å². The molecule has 0 bridgehead atoms. The van der Waals surface area contributed by atoms with E-state index in [-0.39, 0.29) is 25.6 Å². The third-order valence-electron chi connectivity index (χ3n) is 5.16. The summed E-state index contributed by atoms with van der Waals surface area (Å²) in [6, 6.07) is 22.9. The van der Waals surface area contributed by atoms with Gasteiger partial charge in [-0.2, -0.15) is 4.31 Å². The SMILES string of the molecule is COCCN(CC(=O)N(Cc1ccccc1)Cc1ccc(C)s1)S(=O)(=O)C=Cc1ccccc1. The minimum atomic E-state index is -3.84. The lowest BCUT2D eigenvalue weighted by atomic mass is 10.2. The quantitative estimate of drug-likeness (QED) is 0.368. The van der Waals surface area contributed by atoms with Crippen LogP contribution in [0.5, 0.6) is 0 Å². The van der Waals surface area contributed by atoms with E-state index in [2.05, 4.69) is 0 Å². The van der Waals surface area contributed by atoms with Gasteiger partial charge in [0.1, 0.15) is 0 Å². The van der Waals surface area contributed by atoms with Crippen molar-refractivity contribution in [1.82, 2.24) is 9.21 Å². The maximum absolute atomic E-state index is 13.4. The molecule has 0 radical (unpaired) electrons. The van der Waals surface area contributed by atoms with Crippen molar-refractivity contribution in [3.8, 4) is 0 Å². The van der Waals surface area contributed by atoms with E-state index in [9.17, 15) is 13.2 Å². The number of thiophene rings is 1. The Morgan fingerprint density at radius 3 is 2.26 bits per heavy atom. The molecule has 0 fully saturated rings. The number of sulfonamides is 1. The van der Waals surface area contributed by atoms with E-state index in [1.807, 2.05) is 79.7 Å². The van der Waals surface area contributed by atoms with E-state index in [1.54, 1.807) is 16.2 Å². The van der Waals surface area contributed by atoms with Gasteiger partial charge in [-0.25, -0.2) is 8.42 Å². The molecule has 0 aliphatic rings. The van der Waals surface area contributed by atoms with Crippen LogP contribution in [0.1, 0.15) is 20.9 Å². The first-order chi connectivity index (χ1) is 16.4. The molecule has 3 aromatic rings. The molecular weight excluding hydrogens is 468 g/mol. The van der Waals surface area contributed by atoms with Gasteiger partial charge in [0.2, 0.25) is 15.9 Å². The van der Waals surface area contributed by atoms with Crippen molar-refractivity contribution in [3.05, 3.63) is 99.1 Å². The van der Waals surface area contributed by atoms with Crippen LogP contribution in [0.25, 0.3) is 6.08 Å². The molecule has 1 heterocycles. The van der Waals surface area contributed by atoms with Gasteiger partial charge >= 0.3 is 0 Å². The number of rotatable bonds is 12. The molecule has 0 saturated carbocycles. The van der Waals surface area contributed by atoms with Crippen LogP contribution in [-0.2, 0) is 32.6 Å². The summed E-state index contributed by atoms with van der Waals surface area (Å²) in [5.74, 6) is -0.261. The zero-order valence-corrected chi connectivity index (χ0v) is 21.1. The predicted molar refractivity (Wildman–Crippen MR) is 138 cm³/mol. The summed E-state index contributed by atoms with van der Waals surface area (Å²) in [5, 5.41) is 1.15. The molecule has 0 aliphatic heterocycles. The Morgan fingerprint density at radius 2 is 1.65 bits per heavy atom. The molecule has 0 spiro atoms. The number of nitrogens with zero attached hydrogens (tertiary/aromatic N) is 2. The number of benzene rings is 2. The van der Waals surface area contributed by atoms with Gasteiger partial charge in [0.25, 0.3) is 0 Å². The number of carbonyl (C=O) groups excluding carboxylic acids is 1. The minimum Gasteiger partial charge on any atom is -0.383 e. The third-order valence-corrected chi connectivity index (χ3v) is 7.66. The Hall–Kier alpha value is -2.78. The number of aryl methyl sites for hydroxylation is 1. The van der Waals surface area contributed by atoms with Gasteiger partial charge in [-0.05, 0) is 36.3 Å². The number of carbonyl (C=O) groups is 1.